The predicted molar refractivity (Wildman–Crippen MR) is 85.9 cm³/mol. The molecule has 2 heterocycles. The summed E-state index contributed by atoms with van der Waals surface area (Å²) in [5.74, 6) is 0.770. The Morgan fingerprint density at radius 1 is 1.18 bits per heavy atom. The summed E-state index contributed by atoms with van der Waals surface area (Å²) in [5, 5.41) is 2.89. The lowest BCUT2D eigenvalue weighted by molar-refractivity contribution is 0.193. The third kappa shape index (κ3) is 3.42. The number of rotatable bonds is 3. The second-order valence-electron chi connectivity index (χ2n) is 5.55. The molecule has 3 rings (SSSR count). The summed E-state index contributed by atoms with van der Waals surface area (Å²) >= 11 is 0. The van der Waals surface area contributed by atoms with Gasteiger partial charge in [0.2, 0.25) is 0 Å². The molecule has 1 fully saturated rings. The van der Waals surface area contributed by atoms with E-state index >= 15 is 0 Å². The molecule has 0 bridgehead atoms. The average Bonchev–Trinajstić information content (AvgIpc) is 3.06. The van der Waals surface area contributed by atoms with Crippen molar-refractivity contribution in [1.82, 2.24) is 10.2 Å². The summed E-state index contributed by atoms with van der Waals surface area (Å²) in [6, 6.07) is 12.1. The minimum Gasteiger partial charge on any atom is -0.467 e. The number of amides is 2. The molecule has 0 unspecified atom stereocenters. The van der Waals surface area contributed by atoms with Crippen molar-refractivity contribution in [3.05, 3.63) is 54.0 Å². The highest BCUT2D eigenvalue weighted by Crippen LogP contribution is 2.17. The average molecular weight is 299 g/mol. The Hall–Kier alpha value is -2.43. The summed E-state index contributed by atoms with van der Waals surface area (Å²) in [7, 11) is 0. The normalized spacial score (nSPS) is 15.0. The van der Waals surface area contributed by atoms with Crippen LogP contribution in [0.3, 0.4) is 0 Å². The van der Waals surface area contributed by atoms with Crippen molar-refractivity contribution in [2.24, 2.45) is 0 Å². The van der Waals surface area contributed by atoms with Crippen molar-refractivity contribution < 1.29 is 9.21 Å². The summed E-state index contributed by atoms with van der Waals surface area (Å²) in [6.07, 6.45) is 1.61. The first kappa shape index (κ1) is 14.5. The largest absolute Gasteiger partial charge is 0.467 e. The zero-order valence-corrected chi connectivity index (χ0v) is 12.8. The van der Waals surface area contributed by atoms with Gasteiger partial charge in [0.1, 0.15) is 5.76 Å². The van der Waals surface area contributed by atoms with E-state index in [2.05, 4.69) is 41.4 Å². The van der Waals surface area contributed by atoms with Gasteiger partial charge in [0, 0.05) is 31.9 Å². The fourth-order valence-electron chi connectivity index (χ4n) is 2.68. The monoisotopic (exact) mass is 299 g/mol. The van der Waals surface area contributed by atoms with Gasteiger partial charge in [0.15, 0.2) is 0 Å². The van der Waals surface area contributed by atoms with Gasteiger partial charge in [-0.15, -0.1) is 0 Å². The van der Waals surface area contributed by atoms with Gasteiger partial charge >= 0.3 is 6.03 Å². The number of hydrogen-bond donors (Lipinski definition) is 1. The van der Waals surface area contributed by atoms with E-state index in [0.29, 0.717) is 6.54 Å². The Labute approximate surface area is 130 Å². The topological polar surface area (TPSA) is 48.7 Å². The van der Waals surface area contributed by atoms with Crippen molar-refractivity contribution in [2.45, 2.75) is 13.5 Å². The number of urea groups is 1. The molecule has 1 aliphatic rings. The van der Waals surface area contributed by atoms with E-state index in [0.717, 1.165) is 31.9 Å². The van der Waals surface area contributed by atoms with Gasteiger partial charge in [0.25, 0.3) is 0 Å². The zero-order chi connectivity index (χ0) is 15.4. The Morgan fingerprint density at radius 2 is 2.00 bits per heavy atom. The van der Waals surface area contributed by atoms with Crippen LogP contribution in [0.5, 0.6) is 0 Å². The first-order valence-electron chi connectivity index (χ1n) is 7.59. The Bertz CT molecular complexity index is 617. The molecular weight excluding hydrogens is 278 g/mol. The van der Waals surface area contributed by atoms with Gasteiger partial charge in [0.05, 0.1) is 12.8 Å². The summed E-state index contributed by atoms with van der Waals surface area (Å²) in [5.41, 5.74) is 2.49. The number of benzene rings is 1. The van der Waals surface area contributed by atoms with Crippen molar-refractivity contribution >= 4 is 11.7 Å². The van der Waals surface area contributed by atoms with Gasteiger partial charge in [-0.2, -0.15) is 0 Å². The molecule has 5 heteroatoms. The number of anilines is 1. The van der Waals surface area contributed by atoms with E-state index < -0.39 is 0 Å². The zero-order valence-electron chi connectivity index (χ0n) is 12.8. The number of furan rings is 1. The molecule has 0 saturated carbocycles. The molecule has 2 aromatic rings. The maximum atomic E-state index is 12.1. The lowest BCUT2D eigenvalue weighted by Crippen LogP contribution is -2.51. The van der Waals surface area contributed by atoms with Crippen LogP contribution in [0.25, 0.3) is 0 Å². The lowest BCUT2D eigenvalue weighted by atomic mass is 10.2. The first-order valence-corrected chi connectivity index (χ1v) is 7.59. The van der Waals surface area contributed by atoms with E-state index in [1.165, 1.54) is 11.3 Å². The van der Waals surface area contributed by atoms with Crippen LogP contribution in [-0.4, -0.2) is 37.1 Å². The fourth-order valence-corrected chi connectivity index (χ4v) is 2.68. The number of carbonyl (C=O) groups is 1. The fraction of sp³-hybridized carbons (Fsp3) is 0.353. The number of carbonyl (C=O) groups excluding carboxylic acids is 1. The SMILES string of the molecule is Cc1cccc(N2CCN(C(=O)NCc3ccco3)CC2)c1. The maximum Gasteiger partial charge on any atom is 0.317 e. The minimum absolute atomic E-state index is 0.0275. The van der Waals surface area contributed by atoms with Crippen LogP contribution in [0, 0.1) is 6.92 Å². The Kier molecular flexibility index (Phi) is 4.32. The third-order valence-electron chi connectivity index (χ3n) is 3.93. The molecule has 2 amide bonds. The number of aryl methyl sites for hydroxylation is 1. The van der Waals surface area contributed by atoms with Crippen LogP contribution in [0.1, 0.15) is 11.3 Å². The second-order valence-corrected chi connectivity index (χ2v) is 5.55. The Balaban J connectivity index is 1.49. The van der Waals surface area contributed by atoms with Crippen LogP contribution in [0.15, 0.2) is 47.1 Å². The van der Waals surface area contributed by atoms with Crippen LogP contribution in [0.4, 0.5) is 10.5 Å². The van der Waals surface area contributed by atoms with Gasteiger partial charge in [-0.1, -0.05) is 12.1 Å². The number of hydrogen-bond acceptors (Lipinski definition) is 3. The first-order chi connectivity index (χ1) is 10.7. The molecule has 1 aliphatic heterocycles. The molecule has 1 N–H and O–H groups in total. The molecule has 0 spiro atoms. The van der Waals surface area contributed by atoms with E-state index in [1.54, 1.807) is 6.26 Å². The molecule has 0 aliphatic carbocycles. The highest BCUT2D eigenvalue weighted by molar-refractivity contribution is 5.74. The summed E-state index contributed by atoms with van der Waals surface area (Å²) < 4.78 is 5.22. The van der Waals surface area contributed by atoms with E-state index in [-0.39, 0.29) is 6.03 Å². The predicted octanol–water partition coefficient (Wildman–Crippen LogP) is 2.62. The highest BCUT2D eigenvalue weighted by atomic mass is 16.3. The van der Waals surface area contributed by atoms with Crippen LogP contribution < -0.4 is 10.2 Å². The van der Waals surface area contributed by atoms with Gasteiger partial charge in [-0.05, 0) is 36.8 Å². The van der Waals surface area contributed by atoms with E-state index in [4.69, 9.17) is 4.42 Å². The van der Waals surface area contributed by atoms with Gasteiger partial charge < -0.3 is 19.5 Å². The molecular formula is C17H21N3O2. The molecule has 5 nitrogen and oxygen atoms in total. The quantitative estimate of drug-likeness (QED) is 0.948. The standard InChI is InChI=1S/C17H21N3O2/c1-14-4-2-5-15(12-14)19-7-9-20(10-8-19)17(21)18-13-16-6-3-11-22-16/h2-6,11-12H,7-10,13H2,1H3,(H,18,21). The van der Waals surface area contributed by atoms with Crippen molar-refractivity contribution in [3.8, 4) is 0 Å². The molecule has 1 saturated heterocycles. The summed E-state index contributed by atoms with van der Waals surface area (Å²) in [4.78, 5) is 16.3. The number of nitrogens with zero attached hydrogens (tertiary/aromatic N) is 2. The molecule has 1 aromatic heterocycles. The molecule has 1 aromatic carbocycles. The molecule has 116 valence electrons. The van der Waals surface area contributed by atoms with Gasteiger partial charge in [-0.3, -0.25) is 0 Å². The smallest absolute Gasteiger partial charge is 0.317 e. The highest BCUT2D eigenvalue weighted by Gasteiger charge is 2.21. The Morgan fingerprint density at radius 3 is 2.68 bits per heavy atom. The van der Waals surface area contributed by atoms with Gasteiger partial charge in [-0.25, -0.2) is 4.79 Å². The van der Waals surface area contributed by atoms with Crippen LogP contribution >= 0.6 is 0 Å². The molecule has 0 atom stereocenters. The number of nitrogens with one attached hydrogen (secondary N) is 1. The second kappa shape index (κ2) is 6.56. The van der Waals surface area contributed by atoms with Crippen LogP contribution in [0.2, 0.25) is 0 Å². The van der Waals surface area contributed by atoms with E-state index in [9.17, 15) is 4.79 Å². The summed E-state index contributed by atoms with van der Waals surface area (Å²) in [6.45, 7) is 5.72. The third-order valence-corrected chi connectivity index (χ3v) is 3.93. The van der Waals surface area contributed by atoms with Crippen molar-refractivity contribution in [2.75, 3.05) is 31.1 Å². The minimum atomic E-state index is -0.0275. The van der Waals surface area contributed by atoms with Crippen LogP contribution in [-0.2, 0) is 6.54 Å². The van der Waals surface area contributed by atoms with E-state index in [1.807, 2.05) is 17.0 Å². The van der Waals surface area contributed by atoms with Crippen molar-refractivity contribution in [3.63, 3.8) is 0 Å². The van der Waals surface area contributed by atoms with Crippen molar-refractivity contribution in [1.29, 1.82) is 0 Å². The number of piperazine rings is 1. The molecule has 22 heavy (non-hydrogen) atoms. The molecule has 0 radical (unpaired) electrons. The lowest BCUT2D eigenvalue weighted by Gasteiger charge is -2.36. The maximum absolute atomic E-state index is 12.1.